The van der Waals surface area contributed by atoms with E-state index < -0.39 is 5.69 Å². The Morgan fingerprint density at radius 2 is 1.88 bits per heavy atom. The number of hydrogen-bond acceptors (Lipinski definition) is 3. The van der Waals surface area contributed by atoms with Gasteiger partial charge in [-0.25, -0.2) is 4.79 Å². The van der Waals surface area contributed by atoms with Crippen molar-refractivity contribution >= 4 is 22.8 Å². The number of fused-ring (bicyclic) bond motifs is 1. The van der Waals surface area contributed by atoms with Crippen molar-refractivity contribution in [3.63, 3.8) is 0 Å². The standard InChI is InChI=1S/C10H13ClN4O2/c1-4-5-15-6-7(12-9(15)11)13(2)10(17)14(3)8(6)16/h4-5H2,1-3H3. The molecule has 0 fully saturated rings. The summed E-state index contributed by atoms with van der Waals surface area (Å²) >= 11 is 5.98. The predicted molar refractivity (Wildman–Crippen MR) is 65.5 cm³/mol. The van der Waals surface area contributed by atoms with Gasteiger partial charge in [-0.1, -0.05) is 6.92 Å². The highest BCUT2D eigenvalue weighted by molar-refractivity contribution is 6.29. The van der Waals surface area contributed by atoms with E-state index in [-0.39, 0.29) is 10.8 Å². The molecule has 17 heavy (non-hydrogen) atoms. The zero-order chi connectivity index (χ0) is 12.7. The first-order valence-corrected chi connectivity index (χ1v) is 5.68. The van der Waals surface area contributed by atoms with E-state index >= 15 is 0 Å². The van der Waals surface area contributed by atoms with E-state index in [4.69, 9.17) is 11.6 Å². The summed E-state index contributed by atoms with van der Waals surface area (Å²) in [6.07, 6.45) is 0.831. The molecule has 2 rings (SSSR count). The average Bonchev–Trinajstić information content (AvgIpc) is 2.62. The van der Waals surface area contributed by atoms with Crippen LogP contribution in [0.1, 0.15) is 13.3 Å². The van der Waals surface area contributed by atoms with Gasteiger partial charge in [0.05, 0.1) is 0 Å². The molecule has 7 heteroatoms. The third kappa shape index (κ3) is 1.59. The van der Waals surface area contributed by atoms with E-state index in [2.05, 4.69) is 4.98 Å². The van der Waals surface area contributed by atoms with E-state index in [0.29, 0.717) is 17.7 Å². The molecule has 0 aliphatic carbocycles. The van der Waals surface area contributed by atoms with Crippen molar-refractivity contribution < 1.29 is 0 Å². The minimum absolute atomic E-state index is 0.236. The van der Waals surface area contributed by atoms with Crippen LogP contribution in [-0.4, -0.2) is 18.7 Å². The van der Waals surface area contributed by atoms with Crippen LogP contribution in [0, 0.1) is 0 Å². The molecule has 0 spiro atoms. The normalized spacial score (nSPS) is 11.3. The zero-order valence-electron chi connectivity index (χ0n) is 9.90. The lowest BCUT2D eigenvalue weighted by molar-refractivity contribution is 0.676. The van der Waals surface area contributed by atoms with Crippen LogP contribution in [0.3, 0.4) is 0 Å². The van der Waals surface area contributed by atoms with Gasteiger partial charge in [0.25, 0.3) is 5.56 Å². The highest BCUT2D eigenvalue weighted by Crippen LogP contribution is 2.15. The van der Waals surface area contributed by atoms with Gasteiger partial charge in [-0.3, -0.25) is 13.9 Å². The number of aromatic nitrogens is 4. The van der Waals surface area contributed by atoms with Crippen molar-refractivity contribution in [1.29, 1.82) is 0 Å². The minimum Gasteiger partial charge on any atom is -0.309 e. The fourth-order valence-electron chi connectivity index (χ4n) is 1.85. The Morgan fingerprint density at radius 1 is 1.24 bits per heavy atom. The van der Waals surface area contributed by atoms with E-state index in [1.807, 2.05) is 6.92 Å². The van der Waals surface area contributed by atoms with Crippen LogP contribution in [-0.2, 0) is 20.6 Å². The van der Waals surface area contributed by atoms with Gasteiger partial charge in [-0.05, 0) is 18.0 Å². The van der Waals surface area contributed by atoms with Crippen LogP contribution in [0.4, 0.5) is 0 Å². The quantitative estimate of drug-likeness (QED) is 0.735. The molecule has 0 radical (unpaired) electrons. The van der Waals surface area contributed by atoms with Crippen molar-refractivity contribution in [3.8, 4) is 0 Å². The summed E-state index contributed by atoms with van der Waals surface area (Å²) < 4.78 is 4.03. The fraction of sp³-hybridized carbons (Fsp3) is 0.500. The van der Waals surface area contributed by atoms with Crippen molar-refractivity contribution in [2.45, 2.75) is 19.9 Å². The molecule has 2 aromatic rings. The van der Waals surface area contributed by atoms with Gasteiger partial charge in [-0.2, -0.15) is 4.98 Å². The van der Waals surface area contributed by atoms with Crippen molar-refractivity contribution in [2.75, 3.05) is 0 Å². The lowest BCUT2D eigenvalue weighted by Crippen LogP contribution is -2.37. The fourth-order valence-corrected chi connectivity index (χ4v) is 2.10. The molecule has 0 bridgehead atoms. The smallest absolute Gasteiger partial charge is 0.309 e. The predicted octanol–water partition coefficient (Wildman–Crippen LogP) is 0.497. The van der Waals surface area contributed by atoms with Crippen molar-refractivity contribution in [1.82, 2.24) is 18.7 Å². The van der Waals surface area contributed by atoms with E-state index in [0.717, 1.165) is 11.0 Å². The number of nitrogens with zero attached hydrogens (tertiary/aromatic N) is 4. The summed E-state index contributed by atoms with van der Waals surface area (Å²) in [5, 5.41) is 0.236. The molecular weight excluding hydrogens is 244 g/mol. The van der Waals surface area contributed by atoms with E-state index in [1.165, 1.54) is 11.6 Å². The SMILES string of the molecule is CCCn1c(Cl)nc2c1c(=O)n(C)c(=O)n2C. The highest BCUT2D eigenvalue weighted by Gasteiger charge is 2.17. The Labute approximate surface area is 102 Å². The molecule has 0 N–H and O–H groups in total. The largest absolute Gasteiger partial charge is 0.332 e. The third-order valence-corrected chi connectivity index (χ3v) is 3.04. The van der Waals surface area contributed by atoms with Gasteiger partial charge in [0.1, 0.15) is 0 Å². The molecule has 0 aliphatic rings. The van der Waals surface area contributed by atoms with Crippen LogP contribution >= 0.6 is 11.6 Å². The molecule has 0 unspecified atom stereocenters. The van der Waals surface area contributed by atoms with Crippen LogP contribution in [0.25, 0.3) is 11.2 Å². The second kappa shape index (κ2) is 4.03. The summed E-state index contributed by atoms with van der Waals surface area (Å²) in [5.41, 5.74) is -0.0609. The van der Waals surface area contributed by atoms with E-state index in [1.54, 1.807) is 11.6 Å². The third-order valence-electron chi connectivity index (χ3n) is 2.75. The molecule has 0 amide bonds. The van der Waals surface area contributed by atoms with Gasteiger partial charge in [0.15, 0.2) is 11.2 Å². The molecule has 92 valence electrons. The van der Waals surface area contributed by atoms with E-state index in [9.17, 15) is 9.59 Å². The zero-order valence-corrected chi connectivity index (χ0v) is 10.7. The first-order valence-electron chi connectivity index (χ1n) is 5.30. The van der Waals surface area contributed by atoms with Crippen molar-refractivity contribution in [2.24, 2.45) is 14.1 Å². The number of imidazole rings is 1. The minimum atomic E-state index is -0.402. The molecule has 0 aliphatic heterocycles. The summed E-state index contributed by atoms with van der Waals surface area (Å²) in [4.78, 5) is 27.8. The molecule has 2 heterocycles. The average molecular weight is 257 g/mol. The summed E-state index contributed by atoms with van der Waals surface area (Å²) in [5.74, 6) is 0. The molecule has 0 saturated carbocycles. The van der Waals surface area contributed by atoms with Gasteiger partial charge in [0, 0.05) is 20.6 Å². The monoisotopic (exact) mass is 256 g/mol. The number of hydrogen-bond donors (Lipinski definition) is 0. The van der Waals surface area contributed by atoms with Gasteiger partial charge >= 0.3 is 5.69 Å². The molecule has 0 saturated heterocycles. The second-order valence-corrected chi connectivity index (χ2v) is 4.25. The maximum absolute atomic E-state index is 12.0. The van der Waals surface area contributed by atoms with Gasteiger partial charge < -0.3 is 4.57 Å². The Bertz CT molecular complexity index is 695. The van der Waals surface area contributed by atoms with Gasteiger partial charge in [-0.15, -0.1) is 0 Å². The Hall–Kier alpha value is -1.56. The lowest BCUT2D eigenvalue weighted by Gasteiger charge is -2.05. The van der Waals surface area contributed by atoms with Crippen molar-refractivity contribution in [3.05, 3.63) is 26.1 Å². The summed E-state index contributed by atoms with van der Waals surface area (Å²) in [6.45, 7) is 2.58. The number of rotatable bonds is 2. The Morgan fingerprint density at radius 3 is 2.47 bits per heavy atom. The molecule has 0 aromatic carbocycles. The number of aryl methyl sites for hydroxylation is 2. The molecule has 6 nitrogen and oxygen atoms in total. The topological polar surface area (TPSA) is 61.8 Å². The lowest BCUT2D eigenvalue weighted by atomic mass is 10.4. The van der Waals surface area contributed by atoms with Gasteiger partial charge in [0.2, 0.25) is 5.28 Å². The van der Waals surface area contributed by atoms with Crippen LogP contribution in [0.15, 0.2) is 9.59 Å². The highest BCUT2D eigenvalue weighted by atomic mass is 35.5. The Balaban J connectivity index is 3.02. The number of halogens is 1. The summed E-state index contributed by atoms with van der Waals surface area (Å²) in [6, 6.07) is 0. The maximum Gasteiger partial charge on any atom is 0.332 e. The second-order valence-electron chi connectivity index (χ2n) is 3.91. The molecule has 0 atom stereocenters. The Kier molecular flexibility index (Phi) is 2.82. The van der Waals surface area contributed by atoms with Crippen LogP contribution < -0.4 is 11.2 Å². The van der Waals surface area contributed by atoms with Crippen LogP contribution in [0.5, 0.6) is 0 Å². The first-order chi connectivity index (χ1) is 7.99. The molecular formula is C10H13ClN4O2. The maximum atomic E-state index is 12.0. The summed E-state index contributed by atoms with van der Waals surface area (Å²) in [7, 11) is 3.02. The van der Waals surface area contributed by atoms with Crippen LogP contribution in [0.2, 0.25) is 5.28 Å². The first kappa shape index (κ1) is 11.9. The molecule has 2 aromatic heterocycles.